The predicted octanol–water partition coefficient (Wildman–Crippen LogP) is 2.92. The fourth-order valence-corrected chi connectivity index (χ4v) is 1.90. The van der Waals surface area contributed by atoms with Crippen LogP contribution in [0.25, 0.3) is 11.0 Å². The highest BCUT2D eigenvalue weighted by Gasteiger charge is 2.12. The van der Waals surface area contributed by atoms with E-state index < -0.39 is 17.5 Å². The first-order chi connectivity index (χ1) is 10.0. The zero-order chi connectivity index (χ0) is 15.0. The Morgan fingerprint density at radius 3 is 2.76 bits per heavy atom. The van der Waals surface area contributed by atoms with Crippen LogP contribution >= 0.6 is 0 Å². The maximum absolute atomic E-state index is 13.9. The van der Waals surface area contributed by atoms with Gasteiger partial charge in [0.1, 0.15) is 17.4 Å². The number of H-pyrrole nitrogens is 1. The minimum Gasteiger partial charge on any atom is -0.436 e. The third-order valence-corrected chi connectivity index (χ3v) is 2.90. The monoisotopic (exact) mass is 288 g/mol. The van der Waals surface area contributed by atoms with E-state index in [1.165, 1.54) is 18.2 Å². The van der Waals surface area contributed by atoms with Crippen molar-refractivity contribution in [3.05, 3.63) is 53.7 Å². The van der Waals surface area contributed by atoms with Crippen molar-refractivity contribution in [2.45, 2.75) is 0 Å². The van der Waals surface area contributed by atoms with Crippen molar-refractivity contribution in [2.24, 2.45) is 5.73 Å². The van der Waals surface area contributed by atoms with Gasteiger partial charge in [-0.3, -0.25) is 5.41 Å². The summed E-state index contributed by atoms with van der Waals surface area (Å²) in [6, 6.07) is 6.56. The molecule has 0 aliphatic heterocycles. The molecule has 3 rings (SSSR count). The standard InChI is InChI=1S/C14H10F2N4O/c15-9-2-1-7(5-8(9)13(17)18)21-14-10(16)6-12-11(20-14)3-4-19-12/h1-6,19H,(H3,17,18). The summed E-state index contributed by atoms with van der Waals surface area (Å²) in [6.45, 7) is 0. The van der Waals surface area contributed by atoms with Crippen molar-refractivity contribution >= 4 is 16.9 Å². The van der Waals surface area contributed by atoms with Crippen LogP contribution in [0, 0.1) is 17.0 Å². The van der Waals surface area contributed by atoms with E-state index in [1.54, 1.807) is 12.3 Å². The van der Waals surface area contributed by atoms with E-state index in [2.05, 4.69) is 9.97 Å². The van der Waals surface area contributed by atoms with Gasteiger partial charge in [0.15, 0.2) is 5.82 Å². The van der Waals surface area contributed by atoms with Crippen LogP contribution in [-0.4, -0.2) is 15.8 Å². The van der Waals surface area contributed by atoms with Gasteiger partial charge in [-0.1, -0.05) is 0 Å². The quantitative estimate of drug-likeness (QED) is 0.511. The highest BCUT2D eigenvalue weighted by atomic mass is 19.1. The van der Waals surface area contributed by atoms with Crippen molar-refractivity contribution in [2.75, 3.05) is 0 Å². The van der Waals surface area contributed by atoms with Gasteiger partial charge in [0.25, 0.3) is 5.88 Å². The van der Waals surface area contributed by atoms with Crippen LogP contribution < -0.4 is 10.5 Å². The summed E-state index contributed by atoms with van der Waals surface area (Å²) in [4.78, 5) is 6.85. The average molecular weight is 288 g/mol. The Kier molecular flexibility index (Phi) is 3.02. The highest BCUT2D eigenvalue weighted by molar-refractivity contribution is 5.95. The molecule has 0 bridgehead atoms. The summed E-state index contributed by atoms with van der Waals surface area (Å²) in [5, 5.41) is 7.27. The Morgan fingerprint density at radius 1 is 1.19 bits per heavy atom. The number of halogens is 2. The number of ether oxygens (including phenoxy) is 1. The number of aromatic nitrogens is 2. The fraction of sp³-hybridized carbons (Fsp3) is 0. The molecule has 2 heterocycles. The maximum Gasteiger partial charge on any atom is 0.256 e. The van der Waals surface area contributed by atoms with E-state index in [9.17, 15) is 8.78 Å². The van der Waals surface area contributed by atoms with E-state index in [0.717, 1.165) is 6.07 Å². The number of nitrogens with zero attached hydrogens (tertiary/aromatic N) is 1. The molecule has 0 aliphatic rings. The molecule has 106 valence electrons. The normalized spacial score (nSPS) is 10.8. The van der Waals surface area contributed by atoms with Gasteiger partial charge in [-0.15, -0.1) is 0 Å². The molecule has 4 N–H and O–H groups in total. The predicted molar refractivity (Wildman–Crippen MR) is 73.5 cm³/mol. The minimum atomic E-state index is -0.654. The van der Waals surface area contributed by atoms with E-state index in [-0.39, 0.29) is 17.2 Å². The first-order valence-electron chi connectivity index (χ1n) is 6.00. The minimum absolute atomic E-state index is 0.115. The van der Waals surface area contributed by atoms with E-state index in [4.69, 9.17) is 15.9 Å². The van der Waals surface area contributed by atoms with Gasteiger partial charge in [0.05, 0.1) is 16.6 Å². The number of aromatic amines is 1. The zero-order valence-corrected chi connectivity index (χ0v) is 10.7. The van der Waals surface area contributed by atoms with Gasteiger partial charge in [0.2, 0.25) is 0 Å². The Bertz CT molecular complexity index is 844. The summed E-state index contributed by atoms with van der Waals surface area (Å²) in [5.41, 5.74) is 6.23. The Balaban J connectivity index is 2.00. The molecule has 0 unspecified atom stereocenters. The second kappa shape index (κ2) is 4.86. The number of nitrogen functional groups attached to an aromatic ring is 1. The molecule has 5 nitrogen and oxygen atoms in total. The number of pyridine rings is 1. The lowest BCUT2D eigenvalue weighted by Crippen LogP contribution is -2.13. The molecular formula is C14H10F2N4O. The summed E-state index contributed by atoms with van der Waals surface area (Å²) in [6.07, 6.45) is 1.63. The van der Waals surface area contributed by atoms with Crippen LogP contribution in [0.3, 0.4) is 0 Å². The molecule has 21 heavy (non-hydrogen) atoms. The molecule has 0 aliphatic carbocycles. The van der Waals surface area contributed by atoms with Crippen LogP contribution in [0.5, 0.6) is 11.6 Å². The number of fused-ring (bicyclic) bond motifs is 1. The molecule has 2 aromatic heterocycles. The van der Waals surface area contributed by atoms with E-state index in [1.807, 2.05) is 0 Å². The fourth-order valence-electron chi connectivity index (χ4n) is 1.90. The number of hydrogen-bond acceptors (Lipinski definition) is 3. The summed E-state index contributed by atoms with van der Waals surface area (Å²) in [5.74, 6) is -1.83. The van der Waals surface area contributed by atoms with Crippen LogP contribution in [0.4, 0.5) is 8.78 Å². The van der Waals surface area contributed by atoms with Gasteiger partial charge in [-0.25, -0.2) is 13.8 Å². The second-order valence-electron chi connectivity index (χ2n) is 4.34. The highest BCUT2D eigenvalue weighted by Crippen LogP contribution is 2.26. The molecule has 3 aromatic rings. The summed E-state index contributed by atoms with van der Waals surface area (Å²) in [7, 11) is 0. The third kappa shape index (κ3) is 2.40. The molecule has 7 heteroatoms. The summed E-state index contributed by atoms with van der Waals surface area (Å²) >= 11 is 0. The van der Waals surface area contributed by atoms with E-state index >= 15 is 0 Å². The van der Waals surface area contributed by atoms with Crippen LogP contribution in [-0.2, 0) is 0 Å². The van der Waals surface area contributed by atoms with Crippen molar-refractivity contribution in [1.29, 1.82) is 5.41 Å². The third-order valence-electron chi connectivity index (χ3n) is 2.90. The molecule has 0 saturated carbocycles. The lowest BCUT2D eigenvalue weighted by Gasteiger charge is -2.08. The SMILES string of the molecule is N=C(N)c1cc(Oc2nc3cc[nH]c3cc2F)ccc1F. The topological polar surface area (TPSA) is 87.8 Å². The van der Waals surface area contributed by atoms with Crippen molar-refractivity contribution in [3.63, 3.8) is 0 Å². The maximum atomic E-state index is 13.9. The van der Waals surface area contributed by atoms with Crippen LogP contribution in [0.2, 0.25) is 0 Å². The Hall–Kier alpha value is -2.96. The van der Waals surface area contributed by atoms with Crippen molar-refractivity contribution < 1.29 is 13.5 Å². The van der Waals surface area contributed by atoms with Crippen molar-refractivity contribution in [3.8, 4) is 11.6 Å². The van der Waals surface area contributed by atoms with Gasteiger partial charge < -0.3 is 15.5 Å². The Labute approximate surface area is 117 Å². The van der Waals surface area contributed by atoms with Crippen molar-refractivity contribution in [1.82, 2.24) is 9.97 Å². The number of amidine groups is 1. The van der Waals surface area contributed by atoms with E-state index in [0.29, 0.717) is 11.0 Å². The number of nitrogens with one attached hydrogen (secondary N) is 2. The molecule has 0 fully saturated rings. The average Bonchev–Trinajstić information content (AvgIpc) is 2.88. The number of nitrogens with two attached hydrogens (primary N) is 1. The second-order valence-corrected chi connectivity index (χ2v) is 4.34. The van der Waals surface area contributed by atoms with Crippen LogP contribution in [0.1, 0.15) is 5.56 Å². The molecule has 0 amide bonds. The first-order valence-corrected chi connectivity index (χ1v) is 6.00. The van der Waals surface area contributed by atoms with Crippen LogP contribution in [0.15, 0.2) is 36.5 Å². The molecule has 0 saturated heterocycles. The lowest BCUT2D eigenvalue weighted by molar-refractivity contribution is 0.424. The van der Waals surface area contributed by atoms with Gasteiger partial charge in [-0.2, -0.15) is 0 Å². The number of rotatable bonds is 3. The summed E-state index contributed by atoms with van der Waals surface area (Å²) < 4.78 is 32.6. The molecule has 0 spiro atoms. The molecule has 0 radical (unpaired) electrons. The smallest absolute Gasteiger partial charge is 0.256 e. The van der Waals surface area contributed by atoms with Gasteiger partial charge >= 0.3 is 0 Å². The Morgan fingerprint density at radius 2 is 2.00 bits per heavy atom. The largest absolute Gasteiger partial charge is 0.436 e. The molecule has 0 atom stereocenters. The first kappa shape index (κ1) is 13.0. The molecule has 1 aromatic carbocycles. The zero-order valence-electron chi connectivity index (χ0n) is 10.7. The van der Waals surface area contributed by atoms with Gasteiger partial charge in [0, 0.05) is 12.3 Å². The number of benzene rings is 1. The number of hydrogen-bond donors (Lipinski definition) is 3. The van der Waals surface area contributed by atoms with Gasteiger partial charge in [-0.05, 0) is 24.3 Å². The molecular weight excluding hydrogens is 278 g/mol. The lowest BCUT2D eigenvalue weighted by atomic mass is 10.2.